The monoisotopic (exact) mass is 233 g/mol. The van der Waals surface area contributed by atoms with Gasteiger partial charge in [0.05, 0.1) is 17.3 Å². The van der Waals surface area contributed by atoms with E-state index in [1.54, 1.807) is 6.92 Å². The summed E-state index contributed by atoms with van der Waals surface area (Å²) in [6.45, 7) is 1.63. The van der Waals surface area contributed by atoms with E-state index in [4.69, 9.17) is 5.11 Å². The van der Waals surface area contributed by atoms with Crippen LogP contribution in [0.2, 0.25) is 0 Å². The van der Waals surface area contributed by atoms with E-state index in [9.17, 15) is 14.9 Å². The molecular weight excluding hydrogens is 222 g/mol. The van der Waals surface area contributed by atoms with Crippen molar-refractivity contribution in [1.29, 1.82) is 0 Å². The van der Waals surface area contributed by atoms with E-state index in [-0.39, 0.29) is 12.1 Å². The number of non-ortho nitro benzene ring substituents is 1. The molecule has 1 rings (SSSR count). The standard InChI is InChI=1S/C12H11NO4/c1-2-3-10(8-12(14)15)9-4-6-11(7-5-9)13(16)17/h4-7,10H,8H2,1H3,(H,14,15). The van der Waals surface area contributed by atoms with Crippen molar-refractivity contribution in [1.82, 2.24) is 0 Å². The zero-order valence-electron chi connectivity index (χ0n) is 9.21. The molecule has 5 nitrogen and oxygen atoms in total. The minimum absolute atomic E-state index is 0.0210. The smallest absolute Gasteiger partial charge is 0.304 e. The Morgan fingerprint density at radius 1 is 1.47 bits per heavy atom. The third-order valence-electron chi connectivity index (χ3n) is 2.20. The summed E-state index contributed by atoms with van der Waals surface area (Å²) in [5, 5.41) is 19.2. The van der Waals surface area contributed by atoms with Crippen molar-refractivity contribution in [2.75, 3.05) is 0 Å². The summed E-state index contributed by atoms with van der Waals surface area (Å²) in [7, 11) is 0. The molecule has 0 heterocycles. The van der Waals surface area contributed by atoms with Crippen molar-refractivity contribution in [3.05, 3.63) is 39.9 Å². The van der Waals surface area contributed by atoms with E-state index in [1.807, 2.05) is 0 Å². The van der Waals surface area contributed by atoms with Crippen LogP contribution < -0.4 is 0 Å². The van der Waals surface area contributed by atoms with E-state index in [2.05, 4.69) is 11.8 Å². The molecule has 0 aliphatic heterocycles. The summed E-state index contributed by atoms with van der Waals surface area (Å²) >= 11 is 0. The fourth-order valence-corrected chi connectivity index (χ4v) is 1.43. The summed E-state index contributed by atoms with van der Waals surface area (Å²) in [5.41, 5.74) is 0.652. The van der Waals surface area contributed by atoms with Gasteiger partial charge in [-0.15, -0.1) is 5.92 Å². The normalized spacial score (nSPS) is 11.1. The van der Waals surface area contributed by atoms with Crippen LogP contribution in [0.25, 0.3) is 0 Å². The fraction of sp³-hybridized carbons (Fsp3) is 0.250. The number of nitrogens with zero attached hydrogens (tertiary/aromatic N) is 1. The fourth-order valence-electron chi connectivity index (χ4n) is 1.43. The maximum atomic E-state index is 10.7. The van der Waals surface area contributed by atoms with Gasteiger partial charge >= 0.3 is 5.97 Å². The summed E-state index contributed by atoms with van der Waals surface area (Å²) in [5.74, 6) is 4.06. The lowest BCUT2D eigenvalue weighted by Gasteiger charge is -2.07. The van der Waals surface area contributed by atoms with Crippen molar-refractivity contribution < 1.29 is 14.8 Å². The Hall–Kier alpha value is -2.35. The van der Waals surface area contributed by atoms with Gasteiger partial charge in [-0.05, 0) is 12.5 Å². The molecule has 0 aliphatic rings. The van der Waals surface area contributed by atoms with E-state index >= 15 is 0 Å². The maximum absolute atomic E-state index is 10.7. The van der Waals surface area contributed by atoms with Gasteiger partial charge < -0.3 is 5.11 Å². The summed E-state index contributed by atoms with van der Waals surface area (Å²) in [6.07, 6.45) is -0.112. The quantitative estimate of drug-likeness (QED) is 0.491. The average molecular weight is 233 g/mol. The van der Waals surface area contributed by atoms with Crippen LogP contribution in [-0.4, -0.2) is 16.0 Å². The van der Waals surface area contributed by atoms with Crippen LogP contribution in [0, 0.1) is 22.0 Å². The first-order valence-corrected chi connectivity index (χ1v) is 4.93. The second-order valence-electron chi connectivity index (χ2n) is 3.39. The van der Waals surface area contributed by atoms with Gasteiger partial charge in [0.2, 0.25) is 0 Å². The Balaban J connectivity index is 2.97. The van der Waals surface area contributed by atoms with Gasteiger partial charge in [-0.1, -0.05) is 18.1 Å². The molecule has 1 aromatic carbocycles. The van der Waals surface area contributed by atoms with Crippen molar-refractivity contribution in [3.63, 3.8) is 0 Å². The van der Waals surface area contributed by atoms with Crippen LogP contribution in [0.4, 0.5) is 5.69 Å². The number of rotatable bonds is 4. The molecule has 0 saturated carbocycles. The van der Waals surface area contributed by atoms with E-state index in [1.165, 1.54) is 24.3 Å². The minimum Gasteiger partial charge on any atom is -0.481 e. The van der Waals surface area contributed by atoms with Crippen LogP contribution in [0.15, 0.2) is 24.3 Å². The molecule has 88 valence electrons. The molecular formula is C12H11NO4. The summed E-state index contributed by atoms with van der Waals surface area (Å²) < 4.78 is 0. The van der Waals surface area contributed by atoms with E-state index < -0.39 is 16.8 Å². The van der Waals surface area contributed by atoms with Crippen LogP contribution in [0.3, 0.4) is 0 Å². The Morgan fingerprint density at radius 2 is 2.06 bits per heavy atom. The molecule has 17 heavy (non-hydrogen) atoms. The molecule has 1 N–H and O–H groups in total. The van der Waals surface area contributed by atoms with Crippen molar-refractivity contribution in [2.45, 2.75) is 19.3 Å². The van der Waals surface area contributed by atoms with Crippen molar-refractivity contribution in [3.8, 4) is 11.8 Å². The molecule has 5 heteroatoms. The Labute approximate surface area is 98.2 Å². The highest BCUT2D eigenvalue weighted by atomic mass is 16.6. The summed E-state index contributed by atoms with van der Waals surface area (Å²) in [4.78, 5) is 20.6. The highest BCUT2D eigenvalue weighted by molar-refractivity contribution is 5.69. The molecule has 0 aromatic heterocycles. The highest BCUT2D eigenvalue weighted by Crippen LogP contribution is 2.21. The second kappa shape index (κ2) is 5.66. The number of hydrogen-bond donors (Lipinski definition) is 1. The SMILES string of the molecule is CC#CC(CC(=O)O)c1ccc([N+](=O)[O-])cc1. The molecule has 1 unspecified atom stereocenters. The van der Waals surface area contributed by atoms with Crippen molar-refractivity contribution >= 4 is 11.7 Å². The van der Waals surface area contributed by atoms with Crippen molar-refractivity contribution in [2.24, 2.45) is 0 Å². The topological polar surface area (TPSA) is 80.4 Å². The number of nitro benzene ring substituents is 1. The molecule has 0 spiro atoms. The average Bonchev–Trinajstić information content (AvgIpc) is 2.28. The predicted octanol–water partition coefficient (Wildman–Crippen LogP) is 2.18. The van der Waals surface area contributed by atoms with Gasteiger partial charge in [0.1, 0.15) is 0 Å². The number of carboxylic acid groups (broad SMARTS) is 1. The first kappa shape index (κ1) is 12.7. The highest BCUT2D eigenvalue weighted by Gasteiger charge is 2.14. The Kier molecular flexibility index (Phi) is 4.23. The number of benzene rings is 1. The molecule has 0 fully saturated rings. The first-order valence-electron chi connectivity index (χ1n) is 4.93. The molecule has 0 aliphatic carbocycles. The van der Waals surface area contributed by atoms with E-state index in [0.717, 1.165) is 0 Å². The lowest BCUT2D eigenvalue weighted by molar-refractivity contribution is -0.384. The minimum atomic E-state index is -0.948. The van der Waals surface area contributed by atoms with Crippen LogP contribution in [0.5, 0.6) is 0 Å². The number of aliphatic carboxylic acids is 1. The molecule has 0 bridgehead atoms. The number of carbonyl (C=O) groups is 1. The van der Waals surface area contributed by atoms with Gasteiger partial charge in [-0.25, -0.2) is 0 Å². The molecule has 0 amide bonds. The maximum Gasteiger partial charge on any atom is 0.304 e. The first-order chi connectivity index (χ1) is 8.04. The molecule has 0 radical (unpaired) electrons. The molecule has 1 aromatic rings. The lowest BCUT2D eigenvalue weighted by Crippen LogP contribution is -2.04. The largest absolute Gasteiger partial charge is 0.481 e. The lowest BCUT2D eigenvalue weighted by atomic mass is 9.96. The van der Waals surface area contributed by atoms with Crippen LogP contribution in [0.1, 0.15) is 24.8 Å². The van der Waals surface area contributed by atoms with E-state index in [0.29, 0.717) is 5.56 Å². The zero-order chi connectivity index (χ0) is 12.8. The summed E-state index contributed by atoms with van der Waals surface area (Å²) in [6, 6.07) is 5.77. The van der Waals surface area contributed by atoms with Gasteiger partial charge in [-0.2, -0.15) is 0 Å². The molecule has 0 saturated heterocycles. The van der Waals surface area contributed by atoms with Gasteiger partial charge in [0.25, 0.3) is 5.69 Å². The van der Waals surface area contributed by atoms with Gasteiger partial charge in [0, 0.05) is 12.1 Å². The second-order valence-corrected chi connectivity index (χ2v) is 3.39. The third kappa shape index (κ3) is 3.61. The Bertz CT molecular complexity index is 481. The Morgan fingerprint density at radius 3 is 2.47 bits per heavy atom. The predicted molar refractivity (Wildman–Crippen MR) is 61.5 cm³/mol. The van der Waals surface area contributed by atoms with Gasteiger partial charge in [0.15, 0.2) is 0 Å². The molecule has 1 atom stereocenters. The zero-order valence-corrected chi connectivity index (χ0v) is 9.21. The van der Waals surface area contributed by atoms with Crippen LogP contribution in [-0.2, 0) is 4.79 Å². The van der Waals surface area contributed by atoms with Crippen LogP contribution >= 0.6 is 0 Å². The number of carboxylic acids is 1. The number of nitro groups is 1. The van der Waals surface area contributed by atoms with Gasteiger partial charge in [-0.3, -0.25) is 14.9 Å². The third-order valence-corrected chi connectivity index (χ3v) is 2.20. The number of hydrogen-bond acceptors (Lipinski definition) is 3.